The van der Waals surface area contributed by atoms with Gasteiger partial charge in [0.15, 0.2) is 0 Å². The number of hydrogen-bond acceptors (Lipinski definition) is 3. The summed E-state index contributed by atoms with van der Waals surface area (Å²) in [4.78, 5) is 2.30. The molecular formula is C9H20ClNO2. The van der Waals surface area contributed by atoms with Gasteiger partial charge in [0, 0.05) is 33.2 Å². The van der Waals surface area contributed by atoms with E-state index in [4.69, 9.17) is 21.1 Å². The number of ether oxygens (including phenoxy) is 2. The van der Waals surface area contributed by atoms with Gasteiger partial charge in [0.1, 0.15) is 0 Å². The Morgan fingerprint density at radius 1 is 1.00 bits per heavy atom. The molecule has 0 aliphatic carbocycles. The number of nitrogens with zero attached hydrogens (tertiary/aromatic N) is 1. The van der Waals surface area contributed by atoms with Crippen LogP contribution in [0.4, 0.5) is 0 Å². The third-order valence-corrected chi connectivity index (χ3v) is 2.10. The topological polar surface area (TPSA) is 21.7 Å². The quantitative estimate of drug-likeness (QED) is 0.533. The molecule has 0 spiro atoms. The Bertz CT molecular complexity index is 84.6. The molecule has 0 saturated carbocycles. The zero-order valence-electron chi connectivity index (χ0n) is 8.59. The first-order valence-corrected chi connectivity index (χ1v) is 5.14. The molecule has 0 amide bonds. The highest BCUT2D eigenvalue weighted by atomic mass is 35.5. The highest BCUT2D eigenvalue weighted by Gasteiger charge is 2.02. The predicted molar refractivity (Wildman–Crippen MR) is 55.5 cm³/mol. The molecule has 0 aromatic heterocycles. The number of methoxy groups -OCH3 is 2. The van der Waals surface area contributed by atoms with E-state index in [1.165, 1.54) is 0 Å². The summed E-state index contributed by atoms with van der Waals surface area (Å²) >= 11 is 5.62. The van der Waals surface area contributed by atoms with Gasteiger partial charge in [-0.25, -0.2) is 0 Å². The molecular weight excluding hydrogens is 190 g/mol. The zero-order chi connectivity index (χ0) is 9.94. The molecule has 0 aromatic carbocycles. The van der Waals surface area contributed by atoms with Crippen LogP contribution in [-0.2, 0) is 9.47 Å². The van der Waals surface area contributed by atoms with Gasteiger partial charge in [-0.2, -0.15) is 0 Å². The molecule has 80 valence electrons. The number of hydrogen-bond donors (Lipinski definition) is 0. The lowest BCUT2D eigenvalue weighted by atomic mass is 10.4. The van der Waals surface area contributed by atoms with Gasteiger partial charge >= 0.3 is 0 Å². The van der Waals surface area contributed by atoms with Gasteiger partial charge in [-0.3, -0.25) is 4.90 Å². The maximum Gasteiger partial charge on any atom is 0.0589 e. The van der Waals surface area contributed by atoms with Crippen molar-refractivity contribution in [2.45, 2.75) is 6.42 Å². The van der Waals surface area contributed by atoms with E-state index in [2.05, 4.69) is 4.90 Å². The van der Waals surface area contributed by atoms with Gasteiger partial charge in [0.05, 0.1) is 13.2 Å². The monoisotopic (exact) mass is 209 g/mol. The summed E-state index contributed by atoms with van der Waals surface area (Å²) in [6, 6.07) is 0. The van der Waals surface area contributed by atoms with Gasteiger partial charge in [-0.05, 0) is 13.0 Å². The summed E-state index contributed by atoms with van der Waals surface area (Å²) < 4.78 is 10.0. The van der Waals surface area contributed by atoms with E-state index in [1.54, 1.807) is 14.2 Å². The average molecular weight is 210 g/mol. The molecule has 3 nitrogen and oxygen atoms in total. The Labute approximate surface area is 85.9 Å². The van der Waals surface area contributed by atoms with E-state index in [0.29, 0.717) is 0 Å². The maximum atomic E-state index is 5.62. The zero-order valence-corrected chi connectivity index (χ0v) is 9.35. The first-order valence-electron chi connectivity index (χ1n) is 4.61. The first-order chi connectivity index (χ1) is 6.35. The van der Waals surface area contributed by atoms with Crippen molar-refractivity contribution in [3.8, 4) is 0 Å². The van der Waals surface area contributed by atoms with E-state index >= 15 is 0 Å². The smallest absolute Gasteiger partial charge is 0.0589 e. The van der Waals surface area contributed by atoms with Crippen LogP contribution in [0, 0.1) is 0 Å². The molecule has 0 aromatic rings. The molecule has 0 aliphatic heterocycles. The van der Waals surface area contributed by atoms with E-state index in [1.807, 2.05) is 0 Å². The fourth-order valence-electron chi connectivity index (χ4n) is 1.06. The second kappa shape index (κ2) is 10.3. The van der Waals surface area contributed by atoms with Crippen LogP contribution >= 0.6 is 11.6 Å². The van der Waals surface area contributed by atoms with Gasteiger partial charge in [0.2, 0.25) is 0 Å². The van der Waals surface area contributed by atoms with Crippen LogP contribution in [0.1, 0.15) is 6.42 Å². The van der Waals surface area contributed by atoms with Crippen molar-refractivity contribution in [3.05, 3.63) is 0 Å². The second-order valence-corrected chi connectivity index (χ2v) is 3.25. The molecule has 0 unspecified atom stereocenters. The largest absolute Gasteiger partial charge is 0.383 e. The van der Waals surface area contributed by atoms with Crippen molar-refractivity contribution < 1.29 is 9.47 Å². The predicted octanol–water partition coefficient (Wildman–Crippen LogP) is 1.21. The molecule has 0 fully saturated rings. The van der Waals surface area contributed by atoms with Crippen molar-refractivity contribution in [1.82, 2.24) is 4.90 Å². The Balaban J connectivity index is 3.47. The van der Waals surface area contributed by atoms with Crippen molar-refractivity contribution in [2.24, 2.45) is 0 Å². The molecule has 13 heavy (non-hydrogen) atoms. The Morgan fingerprint density at radius 3 is 1.92 bits per heavy atom. The van der Waals surface area contributed by atoms with E-state index < -0.39 is 0 Å². The minimum Gasteiger partial charge on any atom is -0.383 e. The minimum atomic E-state index is 0.719. The van der Waals surface area contributed by atoms with Gasteiger partial charge in [-0.1, -0.05) is 0 Å². The summed E-state index contributed by atoms with van der Waals surface area (Å²) in [5, 5.41) is 0. The molecule has 4 heteroatoms. The fraction of sp³-hybridized carbons (Fsp3) is 1.00. The standard InChI is InChI=1S/C9H20ClNO2/c1-12-8-6-11(5-3-4-10)7-9-13-2/h3-9H2,1-2H3. The van der Waals surface area contributed by atoms with Crippen LogP contribution in [0.25, 0.3) is 0 Å². The van der Waals surface area contributed by atoms with Crippen LogP contribution in [0.5, 0.6) is 0 Å². The first kappa shape index (κ1) is 13.2. The summed E-state index contributed by atoms with van der Waals surface area (Å²) in [5.41, 5.74) is 0. The SMILES string of the molecule is COCCN(CCCCl)CCOC. The van der Waals surface area contributed by atoms with Crippen molar-refractivity contribution in [2.75, 3.05) is 52.9 Å². The second-order valence-electron chi connectivity index (χ2n) is 2.87. The summed E-state index contributed by atoms with van der Waals surface area (Å²) in [6.07, 6.45) is 1.02. The lowest BCUT2D eigenvalue weighted by molar-refractivity contribution is 0.114. The molecule has 0 aliphatic rings. The van der Waals surface area contributed by atoms with Crippen molar-refractivity contribution in [3.63, 3.8) is 0 Å². The van der Waals surface area contributed by atoms with Crippen LogP contribution < -0.4 is 0 Å². The van der Waals surface area contributed by atoms with Crippen LogP contribution in [0.3, 0.4) is 0 Å². The third kappa shape index (κ3) is 8.50. The van der Waals surface area contributed by atoms with Crippen LogP contribution in [0.2, 0.25) is 0 Å². The van der Waals surface area contributed by atoms with Gasteiger partial charge < -0.3 is 9.47 Å². The summed E-state index contributed by atoms with van der Waals surface area (Å²) in [7, 11) is 3.44. The normalized spacial score (nSPS) is 11.1. The fourth-order valence-corrected chi connectivity index (χ4v) is 1.18. The molecule has 0 heterocycles. The van der Waals surface area contributed by atoms with Crippen LogP contribution in [-0.4, -0.2) is 57.8 Å². The molecule has 0 rings (SSSR count). The lowest BCUT2D eigenvalue weighted by Crippen LogP contribution is -2.31. The van der Waals surface area contributed by atoms with Crippen LogP contribution in [0.15, 0.2) is 0 Å². The highest BCUT2D eigenvalue weighted by molar-refractivity contribution is 6.17. The van der Waals surface area contributed by atoms with E-state index in [9.17, 15) is 0 Å². The Hall–Kier alpha value is 0.170. The van der Waals surface area contributed by atoms with E-state index in [0.717, 1.165) is 45.1 Å². The lowest BCUT2D eigenvalue weighted by Gasteiger charge is -2.20. The minimum absolute atomic E-state index is 0.719. The Morgan fingerprint density at radius 2 is 1.54 bits per heavy atom. The third-order valence-electron chi connectivity index (χ3n) is 1.83. The maximum absolute atomic E-state index is 5.62. The van der Waals surface area contributed by atoms with Crippen molar-refractivity contribution in [1.29, 1.82) is 0 Å². The summed E-state index contributed by atoms with van der Waals surface area (Å²) in [5.74, 6) is 0.719. The molecule has 0 N–H and O–H groups in total. The van der Waals surface area contributed by atoms with Gasteiger partial charge in [0.25, 0.3) is 0 Å². The number of halogens is 1. The van der Waals surface area contributed by atoms with Gasteiger partial charge in [-0.15, -0.1) is 11.6 Å². The molecule has 0 atom stereocenters. The number of alkyl halides is 1. The Kier molecular flexibility index (Phi) is 10.4. The average Bonchev–Trinajstić information content (AvgIpc) is 2.17. The highest BCUT2D eigenvalue weighted by Crippen LogP contribution is 1.93. The number of rotatable bonds is 9. The summed E-state index contributed by atoms with van der Waals surface area (Å²) in [6.45, 7) is 4.47. The van der Waals surface area contributed by atoms with Crippen molar-refractivity contribution >= 4 is 11.6 Å². The molecule has 0 saturated heterocycles. The van der Waals surface area contributed by atoms with E-state index in [-0.39, 0.29) is 0 Å². The molecule has 0 radical (unpaired) electrons. The molecule has 0 bridgehead atoms.